The van der Waals surface area contributed by atoms with Crippen LogP contribution < -0.4 is 29.8 Å². The second-order valence-electron chi connectivity index (χ2n) is 7.38. The SMILES string of the molecule is COc1cc(C)cc([Si](Cl)(c2cc(C)cc(OC)c2)c2cc(C)cc(OC)c2)c1. The molecule has 152 valence electrons. The van der Waals surface area contributed by atoms with E-state index in [0.29, 0.717) is 0 Å². The summed E-state index contributed by atoms with van der Waals surface area (Å²) in [5.41, 5.74) is 3.32. The third kappa shape index (κ3) is 4.28. The van der Waals surface area contributed by atoms with E-state index in [-0.39, 0.29) is 0 Å². The van der Waals surface area contributed by atoms with Gasteiger partial charge in [0.25, 0.3) is 0 Å². The number of hydrogen-bond donors (Lipinski definition) is 0. The third-order valence-corrected chi connectivity index (χ3v) is 10.3. The highest BCUT2D eigenvalue weighted by Crippen LogP contribution is 2.23. The molecule has 0 radical (unpaired) electrons. The highest BCUT2D eigenvalue weighted by Gasteiger charge is 2.39. The van der Waals surface area contributed by atoms with Gasteiger partial charge in [0.2, 0.25) is 7.38 Å². The maximum absolute atomic E-state index is 7.69. The van der Waals surface area contributed by atoms with Gasteiger partial charge >= 0.3 is 0 Å². The Labute approximate surface area is 178 Å². The van der Waals surface area contributed by atoms with Crippen LogP contribution >= 0.6 is 11.1 Å². The van der Waals surface area contributed by atoms with E-state index in [0.717, 1.165) is 49.5 Å². The summed E-state index contributed by atoms with van der Waals surface area (Å²) in [6.07, 6.45) is 0. The van der Waals surface area contributed by atoms with Gasteiger partial charge in [-0.3, -0.25) is 0 Å². The highest BCUT2D eigenvalue weighted by atomic mass is 35.6. The fourth-order valence-electron chi connectivity index (χ4n) is 3.69. The summed E-state index contributed by atoms with van der Waals surface area (Å²) in [7, 11) is 2.16. The topological polar surface area (TPSA) is 27.7 Å². The van der Waals surface area contributed by atoms with E-state index < -0.39 is 7.38 Å². The van der Waals surface area contributed by atoms with Crippen LogP contribution in [0.25, 0.3) is 0 Å². The van der Waals surface area contributed by atoms with Crippen LogP contribution in [0.2, 0.25) is 0 Å². The van der Waals surface area contributed by atoms with Crippen molar-refractivity contribution in [1.29, 1.82) is 0 Å². The maximum atomic E-state index is 7.69. The van der Waals surface area contributed by atoms with E-state index in [4.69, 9.17) is 25.3 Å². The van der Waals surface area contributed by atoms with E-state index in [1.54, 1.807) is 21.3 Å². The van der Waals surface area contributed by atoms with E-state index >= 15 is 0 Å². The van der Waals surface area contributed by atoms with Gasteiger partial charge in [-0.25, -0.2) is 0 Å². The lowest BCUT2D eigenvalue weighted by molar-refractivity contribution is 0.415. The van der Waals surface area contributed by atoms with Crippen LogP contribution in [0.15, 0.2) is 54.6 Å². The smallest absolute Gasteiger partial charge is 0.248 e. The minimum Gasteiger partial charge on any atom is -0.497 e. The summed E-state index contributed by atoms with van der Waals surface area (Å²) in [6, 6.07) is 18.7. The first-order chi connectivity index (χ1) is 13.8. The Morgan fingerprint density at radius 1 is 0.517 bits per heavy atom. The highest BCUT2D eigenvalue weighted by molar-refractivity contribution is 7.40. The Hall–Kier alpha value is -2.43. The van der Waals surface area contributed by atoms with Crippen LogP contribution in [-0.2, 0) is 0 Å². The molecule has 0 fully saturated rings. The van der Waals surface area contributed by atoms with Gasteiger partial charge in [-0.05, 0) is 89.4 Å². The largest absolute Gasteiger partial charge is 0.497 e. The fourth-order valence-corrected chi connectivity index (χ4v) is 7.98. The summed E-state index contributed by atoms with van der Waals surface area (Å²) in [4.78, 5) is 0. The summed E-state index contributed by atoms with van der Waals surface area (Å²) in [5, 5.41) is 3.20. The van der Waals surface area contributed by atoms with Crippen molar-refractivity contribution in [2.75, 3.05) is 21.3 Å². The number of benzene rings is 3. The summed E-state index contributed by atoms with van der Waals surface area (Å²) in [6.45, 7) is 6.18. The quantitative estimate of drug-likeness (QED) is 0.340. The van der Waals surface area contributed by atoms with Gasteiger partial charge in [-0.1, -0.05) is 18.2 Å². The molecule has 0 aliphatic carbocycles. The molecule has 3 rings (SSSR count). The minimum absolute atomic E-state index is 0.803. The van der Waals surface area contributed by atoms with E-state index in [9.17, 15) is 0 Å². The van der Waals surface area contributed by atoms with Crippen molar-refractivity contribution in [3.63, 3.8) is 0 Å². The molecular formula is C24H27ClO3Si. The van der Waals surface area contributed by atoms with Crippen molar-refractivity contribution in [2.45, 2.75) is 20.8 Å². The van der Waals surface area contributed by atoms with E-state index in [1.807, 2.05) is 18.2 Å². The molecule has 0 aliphatic rings. The monoisotopic (exact) mass is 426 g/mol. The molecule has 3 aromatic carbocycles. The van der Waals surface area contributed by atoms with Crippen LogP contribution in [0.5, 0.6) is 17.2 Å². The molecule has 0 aliphatic heterocycles. The molecule has 0 amide bonds. The molecule has 5 heteroatoms. The predicted octanol–water partition coefficient (Wildman–Crippen LogP) is 3.84. The van der Waals surface area contributed by atoms with Crippen LogP contribution in [0.1, 0.15) is 16.7 Å². The molecule has 29 heavy (non-hydrogen) atoms. The van der Waals surface area contributed by atoms with Crippen LogP contribution in [-0.4, -0.2) is 28.7 Å². The number of hydrogen-bond acceptors (Lipinski definition) is 3. The Balaban J connectivity index is 2.37. The Morgan fingerprint density at radius 2 is 0.793 bits per heavy atom. The lowest BCUT2D eigenvalue weighted by atomic mass is 10.2. The van der Waals surface area contributed by atoms with Gasteiger partial charge in [0.15, 0.2) is 0 Å². The van der Waals surface area contributed by atoms with Crippen LogP contribution in [0.3, 0.4) is 0 Å². The third-order valence-electron chi connectivity index (χ3n) is 5.05. The average molecular weight is 427 g/mol. The normalized spacial score (nSPS) is 11.3. The molecule has 0 N–H and O–H groups in total. The molecule has 0 unspecified atom stereocenters. The van der Waals surface area contributed by atoms with Crippen molar-refractivity contribution in [1.82, 2.24) is 0 Å². The van der Waals surface area contributed by atoms with Gasteiger partial charge in [0, 0.05) is 0 Å². The Kier molecular flexibility index (Phi) is 6.25. The van der Waals surface area contributed by atoms with Crippen LogP contribution in [0, 0.1) is 20.8 Å². The number of aryl methyl sites for hydroxylation is 3. The minimum atomic E-state index is -2.88. The predicted molar refractivity (Wildman–Crippen MR) is 124 cm³/mol. The summed E-state index contributed by atoms with van der Waals surface area (Å²) < 4.78 is 16.7. The molecule has 0 aromatic heterocycles. The van der Waals surface area contributed by atoms with Gasteiger partial charge < -0.3 is 14.2 Å². The van der Waals surface area contributed by atoms with Crippen molar-refractivity contribution in [2.24, 2.45) is 0 Å². The average Bonchev–Trinajstić information content (AvgIpc) is 2.71. The second kappa shape index (κ2) is 8.52. The molecule has 0 spiro atoms. The fraction of sp³-hybridized carbons (Fsp3) is 0.250. The molecule has 0 saturated heterocycles. The van der Waals surface area contributed by atoms with E-state index in [1.165, 1.54) is 0 Å². The van der Waals surface area contributed by atoms with Crippen molar-refractivity contribution in [3.05, 3.63) is 71.3 Å². The number of methoxy groups -OCH3 is 3. The summed E-state index contributed by atoms with van der Waals surface area (Å²) in [5.74, 6) is 2.41. The summed E-state index contributed by atoms with van der Waals surface area (Å²) >= 11 is 7.69. The first kappa shape index (κ1) is 21.3. The molecule has 0 heterocycles. The second-order valence-corrected chi connectivity index (χ2v) is 12.1. The Morgan fingerprint density at radius 3 is 1.03 bits per heavy atom. The van der Waals surface area contributed by atoms with Crippen molar-refractivity contribution < 1.29 is 14.2 Å². The molecule has 3 nitrogen and oxygen atoms in total. The standard InChI is InChI=1S/C24H27ClO3Si/c1-16-7-19(26-4)13-22(10-16)29(25,23-11-17(2)8-20(14-23)27-5)24-12-18(3)9-21(15-24)28-6/h7-15H,1-6H3. The molecular weight excluding hydrogens is 400 g/mol. The molecule has 0 saturated carbocycles. The zero-order chi connectivity index (χ0) is 21.2. The number of halogens is 1. The lowest BCUT2D eigenvalue weighted by Crippen LogP contribution is -2.63. The molecule has 0 atom stereocenters. The van der Waals surface area contributed by atoms with Crippen molar-refractivity contribution >= 4 is 34.0 Å². The first-order valence-electron chi connectivity index (χ1n) is 9.47. The number of rotatable bonds is 6. The Bertz CT molecular complexity index is 903. The van der Waals surface area contributed by atoms with Gasteiger partial charge in [0.05, 0.1) is 21.3 Å². The lowest BCUT2D eigenvalue weighted by Gasteiger charge is -2.28. The number of ether oxygens (including phenoxy) is 3. The zero-order valence-corrected chi connectivity index (χ0v) is 19.6. The maximum Gasteiger partial charge on any atom is 0.248 e. The van der Waals surface area contributed by atoms with Crippen molar-refractivity contribution in [3.8, 4) is 17.2 Å². The van der Waals surface area contributed by atoms with Gasteiger partial charge in [-0.15, -0.1) is 11.1 Å². The first-order valence-corrected chi connectivity index (χ1v) is 12.5. The molecule has 3 aromatic rings. The zero-order valence-electron chi connectivity index (χ0n) is 17.8. The van der Waals surface area contributed by atoms with Crippen LogP contribution in [0.4, 0.5) is 0 Å². The molecule has 0 bridgehead atoms. The van der Waals surface area contributed by atoms with E-state index in [2.05, 4.69) is 57.2 Å². The van der Waals surface area contributed by atoms with Gasteiger partial charge in [-0.2, -0.15) is 0 Å². The van der Waals surface area contributed by atoms with Gasteiger partial charge in [0.1, 0.15) is 17.2 Å².